The Morgan fingerprint density at radius 3 is 2.54 bits per heavy atom. The second-order valence-electron chi connectivity index (χ2n) is 8.62. The number of carboxylic acid groups (broad SMARTS) is 2. The molecule has 1 aliphatic carbocycles. The minimum Gasteiger partial charge on any atom is -0.492 e. The predicted octanol–water partition coefficient (Wildman–Crippen LogP) is 6.25. The fraction of sp³-hybridized carbons (Fsp3) is 0.520. The van der Waals surface area contributed by atoms with Crippen LogP contribution in [0, 0.1) is 0 Å². The fourth-order valence-corrected chi connectivity index (χ4v) is 4.70. The van der Waals surface area contributed by atoms with Gasteiger partial charge in [0, 0.05) is 19.5 Å². The molecule has 1 fully saturated rings. The normalized spacial score (nSPS) is 13.8. The van der Waals surface area contributed by atoms with Crippen molar-refractivity contribution in [3.63, 3.8) is 0 Å². The maximum Gasteiger partial charge on any atom is 0.503 e. The van der Waals surface area contributed by atoms with Crippen LogP contribution in [0.15, 0.2) is 18.2 Å². The van der Waals surface area contributed by atoms with Crippen molar-refractivity contribution in [2.45, 2.75) is 71.3 Å². The summed E-state index contributed by atoms with van der Waals surface area (Å²) in [6.45, 7) is 5.35. The van der Waals surface area contributed by atoms with Gasteiger partial charge in [0.05, 0.1) is 17.3 Å². The first kappa shape index (κ1) is 26.5. The average molecular weight is 504 g/mol. The quantitative estimate of drug-likeness (QED) is 0.329. The number of benzene rings is 1. The Hall–Kier alpha value is -3.07. The van der Waals surface area contributed by atoms with E-state index in [1.54, 1.807) is 0 Å². The van der Waals surface area contributed by atoms with Crippen LogP contribution in [0.2, 0.25) is 5.02 Å². The molecule has 1 saturated carbocycles. The van der Waals surface area contributed by atoms with Crippen molar-refractivity contribution in [1.82, 2.24) is 19.7 Å². The molecule has 0 unspecified atom stereocenters. The van der Waals surface area contributed by atoms with Gasteiger partial charge in [-0.1, -0.05) is 50.3 Å². The van der Waals surface area contributed by atoms with E-state index in [0.29, 0.717) is 29.8 Å². The van der Waals surface area contributed by atoms with Crippen LogP contribution in [-0.4, -0.2) is 42.7 Å². The van der Waals surface area contributed by atoms with Crippen molar-refractivity contribution >= 4 is 34.6 Å². The molecule has 0 spiro atoms. The molecule has 4 rings (SSSR count). The van der Waals surface area contributed by atoms with Crippen molar-refractivity contribution in [3.05, 3.63) is 40.3 Å². The molecule has 35 heavy (non-hydrogen) atoms. The van der Waals surface area contributed by atoms with E-state index in [-0.39, 0.29) is 0 Å². The molecule has 190 valence electrons. The first-order valence-electron chi connectivity index (χ1n) is 12.1. The Morgan fingerprint density at radius 1 is 1.20 bits per heavy atom. The van der Waals surface area contributed by atoms with E-state index in [9.17, 15) is 0 Å². The minimum absolute atomic E-state index is 0.438. The van der Waals surface area contributed by atoms with Crippen molar-refractivity contribution in [1.29, 1.82) is 0 Å². The number of nitrogens with one attached hydrogen (secondary N) is 1. The molecule has 3 aromatic rings. The van der Waals surface area contributed by atoms with Gasteiger partial charge in [0.2, 0.25) is 0 Å². The molecule has 1 aromatic carbocycles. The topological polar surface area (TPSA) is 122 Å². The van der Waals surface area contributed by atoms with Crippen LogP contribution in [0.25, 0.3) is 11.0 Å². The summed E-state index contributed by atoms with van der Waals surface area (Å²) in [4.78, 5) is 18.6. The summed E-state index contributed by atoms with van der Waals surface area (Å²) >= 11 is 6.38. The smallest absolute Gasteiger partial charge is 0.492 e. The number of rotatable bonds is 8. The highest BCUT2D eigenvalue weighted by Crippen LogP contribution is 2.34. The molecule has 2 aromatic heterocycles. The van der Waals surface area contributed by atoms with E-state index in [2.05, 4.69) is 12.2 Å². The van der Waals surface area contributed by atoms with Crippen molar-refractivity contribution in [3.8, 4) is 5.75 Å². The lowest BCUT2D eigenvalue weighted by molar-refractivity contribution is 0.137. The fourth-order valence-electron chi connectivity index (χ4n) is 4.44. The van der Waals surface area contributed by atoms with Gasteiger partial charge >= 0.3 is 6.16 Å². The van der Waals surface area contributed by atoms with Crippen LogP contribution < -0.4 is 10.1 Å². The number of hydrogen-bond acceptors (Lipinski definition) is 6. The molecule has 0 atom stereocenters. The van der Waals surface area contributed by atoms with Gasteiger partial charge in [-0.05, 0) is 43.9 Å². The first-order valence-corrected chi connectivity index (χ1v) is 12.5. The largest absolute Gasteiger partial charge is 0.503 e. The van der Waals surface area contributed by atoms with Gasteiger partial charge in [0.1, 0.15) is 22.6 Å². The Kier molecular flexibility index (Phi) is 9.54. The van der Waals surface area contributed by atoms with Crippen LogP contribution in [0.1, 0.15) is 75.4 Å². The van der Waals surface area contributed by atoms with Crippen LogP contribution in [0.3, 0.4) is 0 Å². The highest BCUT2D eigenvalue weighted by atomic mass is 35.5. The van der Waals surface area contributed by atoms with Crippen LogP contribution >= 0.6 is 11.6 Å². The number of ether oxygens (including phenoxy) is 1. The van der Waals surface area contributed by atoms with Gasteiger partial charge in [-0.3, -0.25) is 4.68 Å². The highest BCUT2D eigenvalue weighted by molar-refractivity contribution is 6.32. The van der Waals surface area contributed by atoms with Crippen molar-refractivity contribution in [2.75, 3.05) is 11.9 Å². The van der Waals surface area contributed by atoms with Crippen LogP contribution in [-0.2, 0) is 20.0 Å². The van der Waals surface area contributed by atoms with E-state index >= 15 is 0 Å². The summed E-state index contributed by atoms with van der Waals surface area (Å²) < 4.78 is 7.47. The number of halogens is 1. The van der Waals surface area contributed by atoms with Crippen LogP contribution in [0.5, 0.6) is 5.75 Å². The summed E-state index contributed by atoms with van der Waals surface area (Å²) in [6, 6.07) is 5.91. The van der Waals surface area contributed by atoms with Crippen molar-refractivity contribution < 1.29 is 19.7 Å². The zero-order valence-electron chi connectivity index (χ0n) is 20.6. The Bertz CT molecular complexity index is 1140. The maximum atomic E-state index is 8.56. The molecule has 0 aliphatic heterocycles. The number of aryl methyl sites for hydroxylation is 2. The number of nitrogens with zero attached hydrogens (tertiary/aromatic N) is 4. The van der Waals surface area contributed by atoms with E-state index in [4.69, 9.17) is 46.4 Å². The van der Waals surface area contributed by atoms with Gasteiger partial charge in [-0.15, -0.1) is 0 Å². The summed E-state index contributed by atoms with van der Waals surface area (Å²) in [5.74, 6) is 2.97. The van der Waals surface area contributed by atoms with Crippen LogP contribution in [0.4, 0.5) is 10.6 Å². The van der Waals surface area contributed by atoms with Crippen molar-refractivity contribution in [2.24, 2.45) is 7.05 Å². The Balaban J connectivity index is 0.000000795. The molecule has 10 heteroatoms. The SMILES string of the molecule is CCCc1nn(C)c2c(NCc3ccc(OCC)c(Cl)c3)nc(C3CCCCC3)nc12.O=C(O)O. The zero-order valence-corrected chi connectivity index (χ0v) is 21.3. The third-order valence-electron chi connectivity index (χ3n) is 5.98. The molecule has 2 heterocycles. The second-order valence-corrected chi connectivity index (χ2v) is 9.02. The molecule has 3 N–H and O–H groups in total. The minimum atomic E-state index is -1.83. The molecule has 0 saturated heterocycles. The Morgan fingerprint density at radius 2 is 1.91 bits per heavy atom. The molecule has 0 amide bonds. The number of carbonyl (C=O) groups is 1. The third-order valence-corrected chi connectivity index (χ3v) is 6.28. The van der Waals surface area contributed by atoms with Gasteiger partial charge in [0.15, 0.2) is 5.82 Å². The number of hydrogen-bond donors (Lipinski definition) is 3. The predicted molar refractivity (Wildman–Crippen MR) is 137 cm³/mol. The highest BCUT2D eigenvalue weighted by Gasteiger charge is 2.23. The summed E-state index contributed by atoms with van der Waals surface area (Å²) in [5.41, 5.74) is 4.11. The van der Waals surface area contributed by atoms with E-state index in [1.165, 1.54) is 32.1 Å². The molecular weight excluding hydrogens is 470 g/mol. The van der Waals surface area contributed by atoms with E-state index in [0.717, 1.165) is 46.8 Å². The van der Waals surface area contributed by atoms with E-state index < -0.39 is 6.16 Å². The summed E-state index contributed by atoms with van der Waals surface area (Å²) in [7, 11) is 1.98. The average Bonchev–Trinajstić information content (AvgIpc) is 3.15. The number of aromatic nitrogens is 4. The molecule has 1 aliphatic rings. The van der Waals surface area contributed by atoms with E-state index in [1.807, 2.05) is 36.9 Å². The number of anilines is 1. The van der Waals surface area contributed by atoms with Gasteiger partial charge in [0.25, 0.3) is 0 Å². The first-order chi connectivity index (χ1) is 16.8. The summed E-state index contributed by atoms with van der Waals surface area (Å²) in [5, 5.41) is 22.9. The second kappa shape index (κ2) is 12.6. The lowest BCUT2D eigenvalue weighted by Crippen LogP contribution is -2.12. The Labute approximate surface area is 210 Å². The van der Waals surface area contributed by atoms with Gasteiger partial charge < -0.3 is 20.3 Å². The molecule has 0 bridgehead atoms. The lowest BCUT2D eigenvalue weighted by atomic mass is 9.88. The number of fused-ring (bicyclic) bond motifs is 1. The maximum absolute atomic E-state index is 8.56. The summed E-state index contributed by atoms with van der Waals surface area (Å²) in [6.07, 6.45) is 6.30. The molecule has 0 radical (unpaired) electrons. The molecule has 9 nitrogen and oxygen atoms in total. The standard InChI is InChI=1S/C24H32ClN5O.CH2O3/c1-4-9-19-21-22(30(3)29-19)24(28-23(27-21)17-10-7-6-8-11-17)26-15-16-12-13-20(31-5-2)18(25)14-16;2-1(3)4/h12-14,17H,4-11,15H2,1-3H3,(H,26,27,28);(H2,2,3,4). The third kappa shape index (κ3) is 6.97. The van der Waals surface area contributed by atoms with Gasteiger partial charge in [-0.2, -0.15) is 5.10 Å². The lowest BCUT2D eigenvalue weighted by Gasteiger charge is -2.21. The zero-order chi connectivity index (χ0) is 25.4. The van der Waals surface area contributed by atoms with Gasteiger partial charge in [-0.25, -0.2) is 14.8 Å². The molecular formula is C25H34ClN5O4. The monoisotopic (exact) mass is 503 g/mol.